The molecule has 2 aromatic rings. The zero-order valence-corrected chi connectivity index (χ0v) is 9.37. The van der Waals surface area contributed by atoms with Crippen LogP contribution in [-0.2, 0) is 11.2 Å². The Labute approximate surface area is 93.6 Å². The zero-order chi connectivity index (χ0) is 10.7. The molecule has 4 heteroatoms. The van der Waals surface area contributed by atoms with E-state index in [-0.39, 0.29) is 0 Å². The highest BCUT2D eigenvalue weighted by Crippen LogP contribution is 2.14. The number of hydrogen-bond acceptors (Lipinski definition) is 2. The molecule has 2 heterocycles. The second-order valence-electron chi connectivity index (χ2n) is 3.41. The summed E-state index contributed by atoms with van der Waals surface area (Å²) in [5.41, 5.74) is 1.95. The molecular formula is C11H13ClN2O. The summed E-state index contributed by atoms with van der Waals surface area (Å²) in [4.78, 5) is 4.47. The number of hydrogen-bond donors (Lipinski definition) is 0. The molecule has 0 fully saturated rings. The third-order valence-corrected chi connectivity index (χ3v) is 2.58. The molecule has 2 rings (SSSR count). The van der Waals surface area contributed by atoms with Gasteiger partial charge in [0.05, 0.1) is 5.69 Å². The van der Waals surface area contributed by atoms with Crippen LogP contribution < -0.4 is 0 Å². The largest absolute Gasteiger partial charge is 0.385 e. The molecule has 0 aliphatic rings. The van der Waals surface area contributed by atoms with Gasteiger partial charge in [-0.3, -0.25) is 4.40 Å². The number of halogens is 1. The molecule has 80 valence electrons. The fourth-order valence-electron chi connectivity index (χ4n) is 1.55. The molecule has 0 aromatic carbocycles. The van der Waals surface area contributed by atoms with Gasteiger partial charge in [-0.1, -0.05) is 17.7 Å². The molecule has 0 radical (unpaired) electrons. The van der Waals surface area contributed by atoms with Crippen molar-refractivity contribution in [1.82, 2.24) is 9.38 Å². The summed E-state index contributed by atoms with van der Waals surface area (Å²) in [5.74, 6) is 0. The molecule has 2 aromatic heterocycles. The summed E-state index contributed by atoms with van der Waals surface area (Å²) in [6.07, 6.45) is 3.89. The van der Waals surface area contributed by atoms with Gasteiger partial charge in [0.1, 0.15) is 10.8 Å². The molecule has 15 heavy (non-hydrogen) atoms. The number of aryl methyl sites for hydroxylation is 1. The quantitative estimate of drug-likeness (QED) is 0.590. The van der Waals surface area contributed by atoms with E-state index in [4.69, 9.17) is 16.3 Å². The van der Waals surface area contributed by atoms with Crippen molar-refractivity contribution in [2.45, 2.75) is 12.8 Å². The lowest BCUT2D eigenvalue weighted by molar-refractivity contribution is 0.195. The van der Waals surface area contributed by atoms with Gasteiger partial charge in [0.2, 0.25) is 0 Å². The van der Waals surface area contributed by atoms with Crippen molar-refractivity contribution in [3.05, 3.63) is 35.2 Å². The average molecular weight is 225 g/mol. The van der Waals surface area contributed by atoms with Crippen molar-refractivity contribution in [1.29, 1.82) is 0 Å². The van der Waals surface area contributed by atoms with Gasteiger partial charge in [0.25, 0.3) is 0 Å². The second kappa shape index (κ2) is 4.64. The lowest BCUT2D eigenvalue weighted by Gasteiger charge is -1.95. The molecule has 0 saturated carbocycles. The van der Waals surface area contributed by atoms with Crippen molar-refractivity contribution < 1.29 is 4.74 Å². The number of aromatic nitrogens is 2. The van der Waals surface area contributed by atoms with Crippen LogP contribution in [0.4, 0.5) is 0 Å². The first kappa shape index (κ1) is 10.5. The van der Waals surface area contributed by atoms with Gasteiger partial charge in [-0.05, 0) is 25.0 Å². The molecule has 0 N–H and O–H groups in total. The number of ether oxygens (including phenoxy) is 1. The van der Waals surface area contributed by atoms with Crippen molar-refractivity contribution >= 4 is 17.2 Å². The molecule has 0 aliphatic carbocycles. The van der Waals surface area contributed by atoms with Crippen LogP contribution in [-0.4, -0.2) is 23.1 Å². The minimum Gasteiger partial charge on any atom is -0.385 e. The Balaban J connectivity index is 2.20. The van der Waals surface area contributed by atoms with Crippen LogP contribution in [0.15, 0.2) is 24.4 Å². The van der Waals surface area contributed by atoms with Gasteiger partial charge in [0.15, 0.2) is 0 Å². The van der Waals surface area contributed by atoms with E-state index in [9.17, 15) is 0 Å². The first-order valence-electron chi connectivity index (χ1n) is 4.92. The van der Waals surface area contributed by atoms with Crippen molar-refractivity contribution in [2.75, 3.05) is 13.7 Å². The molecule has 0 unspecified atom stereocenters. The van der Waals surface area contributed by atoms with E-state index in [2.05, 4.69) is 4.98 Å². The molecule has 0 saturated heterocycles. The lowest BCUT2D eigenvalue weighted by Crippen LogP contribution is -1.92. The standard InChI is InChI=1S/C11H13ClN2O/c1-15-7-3-4-9-8-14-10(12)5-2-6-11(14)13-9/h2,5-6,8H,3-4,7H2,1H3. The number of nitrogens with zero attached hydrogens (tertiary/aromatic N) is 2. The van der Waals surface area contributed by atoms with E-state index in [1.54, 1.807) is 7.11 Å². The Bertz CT molecular complexity index is 453. The smallest absolute Gasteiger partial charge is 0.138 e. The molecule has 0 aliphatic heterocycles. The fraction of sp³-hybridized carbons (Fsp3) is 0.364. The van der Waals surface area contributed by atoms with Crippen LogP contribution >= 0.6 is 11.6 Å². The lowest BCUT2D eigenvalue weighted by atomic mass is 10.3. The van der Waals surface area contributed by atoms with Crippen molar-refractivity contribution in [2.24, 2.45) is 0 Å². The maximum Gasteiger partial charge on any atom is 0.138 e. The van der Waals surface area contributed by atoms with Crippen LogP contribution in [0.25, 0.3) is 5.65 Å². The predicted octanol–water partition coefficient (Wildman–Crippen LogP) is 2.57. The van der Waals surface area contributed by atoms with Crippen molar-refractivity contribution in [3.8, 4) is 0 Å². The van der Waals surface area contributed by atoms with E-state index < -0.39 is 0 Å². The number of pyridine rings is 1. The Hall–Kier alpha value is -1.06. The second-order valence-corrected chi connectivity index (χ2v) is 3.79. The Kier molecular flexibility index (Phi) is 3.23. The van der Waals surface area contributed by atoms with Crippen LogP contribution in [0, 0.1) is 0 Å². The Morgan fingerprint density at radius 1 is 1.47 bits per heavy atom. The van der Waals surface area contributed by atoms with Gasteiger partial charge in [0, 0.05) is 19.9 Å². The maximum absolute atomic E-state index is 6.03. The SMILES string of the molecule is COCCCc1cn2c(Cl)cccc2n1. The highest BCUT2D eigenvalue weighted by atomic mass is 35.5. The van der Waals surface area contributed by atoms with Gasteiger partial charge >= 0.3 is 0 Å². The summed E-state index contributed by atoms with van der Waals surface area (Å²) in [6.45, 7) is 0.765. The topological polar surface area (TPSA) is 26.5 Å². The van der Waals surface area contributed by atoms with E-state index in [0.717, 1.165) is 30.8 Å². The minimum absolute atomic E-state index is 0.693. The van der Waals surface area contributed by atoms with Crippen LogP contribution in [0.1, 0.15) is 12.1 Å². The number of imidazole rings is 1. The van der Waals surface area contributed by atoms with Crippen molar-refractivity contribution in [3.63, 3.8) is 0 Å². The average Bonchev–Trinajstić information content (AvgIpc) is 2.63. The van der Waals surface area contributed by atoms with Gasteiger partial charge in [-0.25, -0.2) is 4.98 Å². The summed E-state index contributed by atoms with van der Waals surface area (Å²) < 4.78 is 6.89. The van der Waals surface area contributed by atoms with Gasteiger partial charge < -0.3 is 4.74 Å². The molecular weight excluding hydrogens is 212 g/mol. The van der Waals surface area contributed by atoms with Gasteiger partial charge in [-0.15, -0.1) is 0 Å². The van der Waals surface area contributed by atoms with E-state index in [1.165, 1.54) is 0 Å². The number of methoxy groups -OCH3 is 1. The highest BCUT2D eigenvalue weighted by Gasteiger charge is 2.03. The summed E-state index contributed by atoms with van der Waals surface area (Å²) in [6, 6.07) is 5.71. The zero-order valence-electron chi connectivity index (χ0n) is 8.61. The molecule has 0 bridgehead atoms. The number of fused-ring (bicyclic) bond motifs is 1. The monoisotopic (exact) mass is 224 g/mol. The predicted molar refractivity (Wildman–Crippen MR) is 60.4 cm³/mol. The van der Waals surface area contributed by atoms with E-state index in [1.807, 2.05) is 28.8 Å². The Morgan fingerprint density at radius 2 is 2.33 bits per heavy atom. The van der Waals surface area contributed by atoms with E-state index >= 15 is 0 Å². The van der Waals surface area contributed by atoms with Crippen LogP contribution in [0.2, 0.25) is 5.15 Å². The summed E-state index contributed by atoms with van der Waals surface area (Å²) >= 11 is 6.03. The molecule has 3 nitrogen and oxygen atoms in total. The normalized spacial score (nSPS) is 11.1. The molecule has 0 atom stereocenters. The van der Waals surface area contributed by atoms with Crippen LogP contribution in [0.3, 0.4) is 0 Å². The highest BCUT2D eigenvalue weighted by molar-refractivity contribution is 6.29. The number of rotatable bonds is 4. The molecule has 0 amide bonds. The third-order valence-electron chi connectivity index (χ3n) is 2.27. The maximum atomic E-state index is 6.03. The van der Waals surface area contributed by atoms with Crippen LogP contribution in [0.5, 0.6) is 0 Å². The van der Waals surface area contributed by atoms with E-state index in [0.29, 0.717) is 5.15 Å². The summed E-state index contributed by atoms with van der Waals surface area (Å²) in [5, 5.41) is 0.693. The third kappa shape index (κ3) is 2.30. The minimum atomic E-state index is 0.693. The fourth-order valence-corrected chi connectivity index (χ4v) is 1.75. The first-order valence-corrected chi connectivity index (χ1v) is 5.30. The Morgan fingerprint density at radius 3 is 3.07 bits per heavy atom. The molecule has 0 spiro atoms. The first-order chi connectivity index (χ1) is 7.31. The van der Waals surface area contributed by atoms with Gasteiger partial charge in [-0.2, -0.15) is 0 Å². The summed E-state index contributed by atoms with van der Waals surface area (Å²) in [7, 11) is 1.71.